The van der Waals surface area contributed by atoms with Crippen molar-refractivity contribution in [1.29, 1.82) is 0 Å². The van der Waals surface area contributed by atoms with Crippen LogP contribution in [0.5, 0.6) is 5.75 Å². The van der Waals surface area contributed by atoms with Gasteiger partial charge in [0.25, 0.3) is 0 Å². The van der Waals surface area contributed by atoms with Gasteiger partial charge in [0.2, 0.25) is 5.91 Å². The van der Waals surface area contributed by atoms with Gasteiger partial charge in [-0.25, -0.2) is 8.78 Å². The number of alkyl halides is 3. The number of nitrogens with zero attached hydrogens (tertiary/aromatic N) is 1. The number of hydrogen-bond donors (Lipinski definition) is 2. The summed E-state index contributed by atoms with van der Waals surface area (Å²) in [4.78, 5) is 19.5. The molecule has 0 aliphatic rings. The van der Waals surface area contributed by atoms with E-state index in [2.05, 4.69) is 15.8 Å². The molecule has 0 radical (unpaired) electrons. The summed E-state index contributed by atoms with van der Waals surface area (Å²) >= 11 is 0. The monoisotopic (exact) mass is 347 g/mol. The van der Waals surface area contributed by atoms with E-state index >= 15 is 0 Å². The molecule has 2 rings (SSSR count). The molecular formula is C14H10F5N3O2. The lowest BCUT2D eigenvalue weighted by Crippen LogP contribution is -2.30. The molecule has 0 saturated carbocycles. The number of carbonyl (C=O) groups is 1. The number of benzene rings is 1. The predicted molar refractivity (Wildman–Crippen MR) is 72.9 cm³/mol. The lowest BCUT2D eigenvalue weighted by atomic mass is 10.3. The van der Waals surface area contributed by atoms with Crippen molar-refractivity contribution in [3.05, 3.63) is 53.9 Å². The second-order valence-electron chi connectivity index (χ2n) is 4.47. The van der Waals surface area contributed by atoms with Gasteiger partial charge in [-0.1, -0.05) is 0 Å². The van der Waals surface area contributed by atoms with E-state index in [4.69, 9.17) is 4.84 Å². The molecule has 1 aromatic heterocycles. The molecule has 0 bridgehead atoms. The molecule has 10 heteroatoms. The maximum Gasteiger partial charge on any atom is 0.433 e. The van der Waals surface area contributed by atoms with Crippen LogP contribution in [0.3, 0.4) is 0 Å². The third kappa shape index (κ3) is 4.88. The quantitative estimate of drug-likeness (QED) is 0.645. The lowest BCUT2D eigenvalue weighted by molar-refractivity contribution is -0.141. The Morgan fingerprint density at radius 1 is 1.17 bits per heavy atom. The zero-order chi connectivity index (χ0) is 17.7. The van der Waals surface area contributed by atoms with Gasteiger partial charge in [-0.05, 0) is 24.3 Å². The number of hydrogen-bond acceptors (Lipinski definition) is 4. The number of nitrogens with one attached hydrogen (secondary N) is 2. The van der Waals surface area contributed by atoms with Gasteiger partial charge >= 0.3 is 6.18 Å². The topological polar surface area (TPSA) is 63.2 Å². The van der Waals surface area contributed by atoms with Crippen molar-refractivity contribution in [3.63, 3.8) is 0 Å². The normalized spacial score (nSPS) is 11.2. The summed E-state index contributed by atoms with van der Waals surface area (Å²) in [5.41, 5.74) is 0.846. The summed E-state index contributed by atoms with van der Waals surface area (Å²) in [5, 5.41) is 2.19. The Bertz CT molecular complexity index is 737. The van der Waals surface area contributed by atoms with E-state index in [0.717, 1.165) is 18.3 Å². The number of carbonyl (C=O) groups excluding carboxylic acids is 1. The van der Waals surface area contributed by atoms with Crippen molar-refractivity contribution in [1.82, 2.24) is 10.5 Å². The van der Waals surface area contributed by atoms with Crippen molar-refractivity contribution in [3.8, 4) is 5.75 Å². The van der Waals surface area contributed by atoms with Gasteiger partial charge in [0.15, 0.2) is 11.6 Å². The minimum absolute atomic E-state index is 0.114. The minimum Gasteiger partial charge on any atom is -0.405 e. The second kappa shape index (κ2) is 7.21. The van der Waals surface area contributed by atoms with Crippen LogP contribution in [0.15, 0.2) is 36.5 Å². The number of aromatic nitrogens is 1. The summed E-state index contributed by atoms with van der Waals surface area (Å²) in [6, 6.07) is 4.39. The van der Waals surface area contributed by atoms with E-state index in [1.165, 1.54) is 6.07 Å². The van der Waals surface area contributed by atoms with E-state index in [1.54, 1.807) is 0 Å². The number of pyridine rings is 1. The molecule has 0 fully saturated rings. The van der Waals surface area contributed by atoms with Crippen LogP contribution >= 0.6 is 0 Å². The molecule has 1 aromatic carbocycles. The molecule has 0 aliphatic carbocycles. The highest BCUT2D eigenvalue weighted by Crippen LogP contribution is 2.28. The van der Waals surface area contributed by atoms with Gasteiger partial charge in [-0.2, -0.15) is 13.2 Å². The van der Waals surface area contributed by atoms with Crippen LogP contribution in [-0.4, -0.2) is 17.4 Å². The first-order valence-electron chi connectivity index (χ1n) is 6.43. The highest BCUT2D eigenvalue weighted by molar-refractivity contribution is 5.92. The van der Waals surface area contributed by atoms with Gasteiger partial charge in [0, 0.05) is 18.0 Å². The summed E-state index contributed by atoms with van der Waals surface area (Å²) in [6.45, 7) is -0.486. The molecule has 2 aromatic rings. The third-order valence-electron chi connectivity index (χ3n) is 2.64. The van der Waals surface area contributed by atoms with Crippen molar-refractivity contribution >= 4 is 11.6 Å². The number of rotatable bonds is 5. The van der Waals surface area contributed by atoms with Gasteiger partial charge in [0.1, 0.15) is 18.1 Å². The van der Waals surface area contributed by atoms with E-state index in [9.17, 15) is 26.7 Å². The maximum atomic E-state index is 13.3. The summed E-state index contributed by atoms with van der Waals surface area (Å²) in [5.74, 6) is -2.85. The van der Waals surface area contributed by atoms with Crippen LogP contribution in [0.4, 0.5) is 27.6 Å². The van der Waals surface area contributed by atoms with E-state index in [-0.39, 0.29) is 11.4 Å². The molecular weight excluding hydrogens is 337 g/mol. The smallest absolute Gasteiger partial charge is 0.405 e. The Balaban J connectivity index is 1.87. The molecule has 1 amide bonds. The van der Waals surface area contributed by atoms with Crippen LogP contribution in [0.1, 0.15) is 5.69 Å². The molecule has 5 nitrogen and oxygen atoms in total. The Hall–Kier alpha value is -2.75. The summed E-state index contributed by atoms with van der Waals surface area (Å²) < 4.78 is 63.4. The van der Waals surface area contributed by atoms with Gasteiger partial charge in [-0.3, -0.25) is 9.78 Å². The van der Waals surface area contributed by atoms with Crippen LogP contribution in [0.2, 0.25) is 0 Å². The van der Waals surface area contributed by atoms with Crippen LogP contribution < -0.4 is 15.6 Å². The lowest BCUT2D eigenvalue weighted by Gasteiger charge is -2.10. The van der Waals surface area contributed by atoms with Crippen LogP contribution in [0, 0.1) is 11.6 Å². The fraction of sp³-hybridized carbons (Fsp3) is 0.143. The first kappa shape index (κ1) is 17.6. The summed E-state index contributed by atoms with van der Waals surface area (Å²) in [7, 11) is 0. The average molecular weight is 347 g/mol. The molecule has 24 heavy (non-hydrogen) atoms. The number of anilines is 1. The average Bonchev–Trinajstić information content (AvgIpc) is 2.49. The second-order valence-corrected chi connectivity index (χ2v) is 4.47. The number of hydroxylamine groups is 1. The predicted octanol–water partition coefficient (Wildman–Crippen LogP) is 2.90. The van der Waals surface area contributed by atoms with Crippen molar-refractivity contribution < 1.29 is 31.6 Å². The molecule has 0 atom stereocenters. The van der Waals surface area contributed by atoms with Crippen molar-refractivity contribution in [2.75, 3.05) is 11.9 Å². The van der Waals surface area contributed by atoms with Crippen molar-refractivity contribution in [2.45, 2.75) is 6.18 Å². The minimum atomic E-state index is -4.64. The van der Waals surface area contributed by atoms with Crippen molar-refractivity contribution in [2.24, 2.45) is 0 Å². The van der Waals surface area contributed by atoms with E-state index in [1.807, 2.05) is 0 Å². The molecule has 1 heterocycles. The molecule has 0 spiro atoms. The summed E-state index contributed by atoms with van der Waals surface area (Å²) in [6.07, 6.45) is -3.74. The Labute approximate surface area is 132 Å². The first-order valence-corrected chi connectivity index (χ1v) is 6.43. The number of amides is 1. The van der Waals surface area contributed by atoms with Gasteiger partial charge in [0.05, 0.1) is 0 Å². The molecule has 2 N–H and O–H groups in total. The maximum absolute atomic E-state index is 13.3. The third-order valence-corrected chi connectivity index (χ3v) is 2.64. The zero-order valence-corrected chi connectivity index (χ0v) is 11.8. The first-order chi connectivity index (χ1) is 11.3. The Morgan fingerprint density at radius 2 is 1.92 bits per heavy atom. The molecule has 0 aliphatic heterocycles. The fourth-order valence-electron chi connectivity index (χ4n) is 1.61. The highest BCUT2D eigenvalue weighted by Gasteiger charge is 2.32. The molecule has 0 saturated heterocycles. The molecule has 128 valence electrons. The Morgan fingerprint density at radius 3 is 2.58 bits per heavy atom. The standard InChI is InChI=1S/C14H10F5N3O2/c15-8-1-2-11(10(16)5-8)24-21-7-13(23)22-9-3-4-20-12(6-9)14(17,18)19/h1-6,21H,7H2,(H,20,22,23). The van der Waals surface area contributed by atoms with Crippen LogP contribution in [-0.2, 0) is 11.0 Å². The SMILES string of the molecule is O=C(CNOc1ccc(F)cc1F)Nc1ccnc(C(F)(F)F)c1. The van der Waals surface area contributed by atoms with E-state index in [0.29, 0.717) is 12.1 Å². The van der Waals surface area contributed by atoms with Crippen LogP contribution in [0.25, 0.3) is 0 Å². The van der Waals surface area contributed by atoms with Gasteiger partial charge < -0.3 is 10.2 Å². The van der Waals surface area contributed by atoms with E-state index < -0.39 is 36.0 Å². The number of halogens is 5. The zero-order valence-electron chi connectivity index (χ0n) is 11.8. The Kier molecular flexibility index (Phi) is 5.29. The fourth-order valence-corrected chi connectivity index (χ4v) is 1.61. The highest BCUT2D eigenvalue weighted by atomic mass is 19.4. The molecule has 0 unspecified atom stereocenters. The van der Waals surface area contributed by atoms with Gasteiger partial charge in [-0.15, -0.1) is 5.48 Å². The largest absolute Gasteiger partial charge is 0.433 e.